The molecule has 0 saturated heterocycles. The fourth-order valence-corrected chi connectivity index (χ4v) is 2.81. The van der Waals surface area contributed by atoms with Crippen molar-refractivity contribution >= 4 is 27.7 Å². The molecule has 0 saturated carbocycles. The minimum atomic E-state index is -0.276. The first kappa shape index (κ1) is 13.2. The summed E-state index contributed by atoms with van der Waals surface area (Å²) in [7, 11) is 3.57. The van der Waals surface area contributed by atoms with E-state index < -0.39 is 0 Å². The van der Waals surface area contributed by atoms with E-state index in [9.17, 15) is 4.79 Å². The number of benzene rings is 1. The monoisotopic (exact) mass is 335 g/mol. The third-order valence-electron chi connectivity index (χ3n) is 3.52. The molecular weight excluding hydrogens is 322 g/mol. The lowest BCUT2D eigenvalue weighted by molar-refractivity contribution is -0.120. The summed E-state index contributed by atoms with van der Waals surface area (Å²) in [4.78, 5) is 14.3. The second kappa shape index (κ2) is 4.94. The smallest absolute Gasteiger partial charge is 0.239 e. The number of aromatic nitrogens is 2. The van der Waals surface area contributed by atoms with Gasteiger partial charge in [0.2, 0.25) is 5.91 Å². The van der Waals surface area contributed by atoms with Crippen LogP contribution >= 0.6 is 15.9 Å². The van der Waals surface area contributed by atoms with E-state index in [1.807, 2.05) is 31.3 Å². The van der Waals surface area contributed by atoms with Gasteiger partial charge in [-0.1, -0.05) is 15.9 Å². The molecule has 1 amide bonds. The molecule has 1 aliphatic heterocycles. The van der Waals surface area contributed by atoms with Gasteiger partial charge in [-0.3, -0.25) is 14.4 Å². The molecule has 0 unspecified atom stereocenters. The first-order chi connectivity index (χ1) is 9.58. The van der Waals surface area contributed by atoms with Gasteiger partial charge in [-0.2, -0.15) is 5.10 Å². The maximum atomic E-state index is 12.7. The molecular formula is C14H14BrN3O2. The molecule has 0 aliphatic carbocycles. The van der Waals surface area contributed by atoms with Gasteiger partial charge in [0.05, 0.1) is 6.20 Å². The first-order valence-corrected chi connectivity index (χ1v) is 7.05. The van der Waals surface area contributed by atoms with Crippen LogP contribution in [0.25, 0.3) is 0 Å². The third kappa shape index (κ3) is 2.10. The average Bonchev–Trinajstić information content (AvgIpc) is 3.03. The van der Waals surface area contributed by atoms with E-state index in [2.05, 4.69) is 21.0 Å². The summed E-state index contributed by atoms with van der Waals surface area (Å²) in [6.45, 7) is 0.382. The first-order valence-electron chi connectivity index (χ1n) is 6.25. The SMILES string of the molecule is CN(C(=O)[C@H]1COc2ccc(Br)cc21)c1ccnn1C. The molecule has 1 aromatic carbocycles. The number of carbonyl (C=O) groups excluding carboxylic acids is 1. The highest BCUT2D eigenvalue weighted by Gasteiger charge is 2.33. The zero-order valence-electron chi connectivity index (χ0n) is 11.2. The Bertz CT molecular complexity index is 668. The van der Waals surface area contributed by atoms with Gasteiger partial charge >= 0.3 is 0 Å². The van der Waals surface area contributed by atoms with E-state index in [4.69, 9.17) is 4.74 Å². The molecule has 1 aromatic heterocycles. The Kier molecular flexibility index (Phi) is 3.25. The Hall–Kier alpha value is -1.82. The molecule has 1 atom stereocenters. The summed E-state index contributed by atoms with van der Waals surface area (Å²) in [5.74, 6) is 1.27. The summed E-state index contributed by atoms with van der Waals surface area (Å²) in [6, 6.07) is 7.56. The average molecular weight is 336 g/mol. The molecule has 104 valence electrons. The number of carbonyl (C=O) groups is 1. The number of ether oxygens (including phenoxy) is 1. The van der Waals surface area contributed by atoms with Crippen molar-refractivity contribution in [3.05, 3.63) is 40.5 Å². The van der Waals surface area contributed by atoms with Crippen LogP contribution in [0.4, 0.5) is 5.82 Å². The number of hydrogen-bond acceptors (Lipinski definition) is 3. The van der Waals surface area contributed by atoms with E-state index in [1.165, 1.54) is 0 Å². The Labute approximate surface area is 125 Å². The fourth-order valence-electron chi connectivity index (χ4n) is 2.43. The Morgan fingerprint density at radius 3 is 3.00 bits per heavy atom. The quantitative estimate of drug-likeness (QED) is 0.846. The van der Waals surface area contributed by atoms with E-state index in [-0.39, 0.29) is 11.8 Å². The number of aryl methyl sites for hydroxylation is 1. The van der Waals surface area contributed by atoms with Crippen LogP contribution in [0.1, 0.15) is 11.5 Å². The van der Waals surface area contributed by atoms with E-state index in [0.717, 1.165) is 21.6 Å². The summed E-state index contributed by atoms with van der Waals surface area (Å²) in [5, 5.41) is 4.09. The molecule has 20 heavy (non-hydrogen) atoms. The molecule has 3 rings (SSSR count). The highest BCUT2D eigenvalue weighted by Crippen LogP contribution is 2.37. The summed E-state index contributed by atoms with van der Waals surface area (Å²) < 4.78 is 8.22. The number of halogens is 1. The molecule has 0 bridgehead atoms. The molecule has 6 heteroatoms. The van der Waals surface area contributed by atoms with Crippen LogP contribution < -0.4 is 9.64 Å². The summed E-state index contributed by atoms with van der Waals surface area (Å²) in [5.41, 5.74) is 0.929. The lowest BCUT2D eigenvalue weighted by atomic mass is 10.00. The topological polar surface area (TPSA) is 47.4 Å². The van der Waals surface area contributed by atoms with Gasteiger partial charge in [-0.05, 0) is 18.2 Å². The Morgan fingerprint density at radius 1 is 1.50 bits per heavy atom. The van der Waals surface area contributed by atoms with Gasteiger partial charge < -0.3 is 4.74 Å². The minimum absolute atomic E-state index is 0.00505. The standard InChI is InChI=1S/C14H14BrN3O2/c1-17(13-5-6-16-18(13)2)14(19)11-8-20-12-4-3-9(15)7-10(11)12/h3-7,11H,8H2,1-2H3/t11-/m0/s1. The van der Waals surface area contributed by atoms with Gasteiger partial charge in [0.15, 0.2) is 0 Å². The molecule has 0 spiro atoms. The second-order valence-electron chi connectivity index (χ2n) is 4.76. The van der Waals surface area contributed by atoms with Crippen molar-refractivity contribution in [3.63, 3.8) is 0 Å². The number of anilines is 1. The number of hydrogen-bond donors (Lipinski definition) is 0. The van der Waals surface area contributed by atoms with Gasteiger partial charge in [-0.25, -0.2) is 0 Å². The molecule has 0 radical (unpaired) electrons. The maximum absolute atomic E-state index is 12.7. The van der Waals surface area contributed by atoms with E-state index in [1.54, 1.807) is 22.8 Å². The largest absolute Gasteiger partial charge is 0.492 e. The Morgan fingerprint density at radius 2 is 2.30 bits per heavy atom. The molecule has 2 aromatic rings. The minimum Gasteiger partial charge on any atom is -0.492 e. The molecule has 1 aliphatic rings. The number of amides is 1. The van der Waals surface area contributed by atoms with Crippen LogP contribution in [-0.4, -0.2) is 29.3 Å². The van der Waals surface area contributed by atoms with E-state index in [0.29, 0.717) is 6.61 Å². The molecule has 5 nitrogen and oxygen atoms in total. The summed E-state index contributed by atoms with van der Waals surface area (Å²) in [6.07, 6.45) is 1.68. The van der Waals surface area contributed by atoms with E-state index >= 15 is 0 Å². The highest BCUT2D eigenvalue weighted by atomic mass is 79.9. The lowest BCUT2D eigenvalue weighted by Gasteiger charge is -2.20. The third-order valence-corrected chi connectivity index (χ3v) is 4.01. The zero-order chi connectivity index (χ0) is 14.3. The van der Waals surface area contributed by atoms with Crippen molar-refractivity contribution in [2.75, 3.05) is 18.6 Å². The normalized spacial score (nSPS) is 16.6. The predicted octanol–water partition coefficient (Wildman–Crippen LogP) is 2.32. The van der Waals surface area contributed by atoms with Crippen molar-refractivity contribution in [3.8, 4) is 5.75 Å². The van der Waals surface area contributed by atoms with Crippen LogP contribution in [0, 0.1) is 0 Å². The molecule has 0 fully saturated rings. The van der Waals surface area contributed by atoms with Gasteiger partial charge in [0.25, 0.3) is 0 Å². The maximum Gasteiger partial charge on any atom is 0.239 e. The zero-order valence-corrected chi connectivity index (χ0v) is 12.8. The van der Waals surface area contributed by atoms with Crippen LogP contribution in [0.5, 0.6) is 5.75 Å². The van der Waals surface area contributed by atoms with Crippen LogP contribution in [0.3, 0.4) is 0 Å². The van der Waals surface area contributed by atoms with Crippen molar-refractivity contribution in [1.29, 1.82) is 0 Å². The van der Waals surface area contributed by atoms with Crippen molar-refractivity contribution in [2.24, 2.45) is 7.05 Å². The Balaban J connectivity index is 1.90. The number of nitrogens with zero attached hydrogens (tertiary/aromatic N) is 3. The number of rotatable bonds is 2. The molecule has 0 N–H and O–H groups in total. The fraction of sp³-hybridized carbons (Fsp3) is 0.286. The van der Waals surface area contributed by atoms with Crippen molar-refractivity contribution in [2.45, 2.75) is 5.92 Å². The predicted molar refractivity (Wildman–Crippen MR) is 79.0 cm³/mol. The lowest BCUT2D eigenvalue weighted by Crippen LogP contribution is -2.33. The van der Waals surface area contributed by atoms with Gasteiger partial charge in [-0.15, -0.1) is 0 Å². The summed E-state index contributed by atoms with van der Waals surface area (Å²) >= 11 is 3.43. The van der Waals surface area contributed by atoms with Crippen LogP contribution in [-0.2, 0) is 11.8 Å². The number of likely N-dealkylation sites (N-methyl/N-ethyl adjacent to an activating group) is 1. The number of fused-ring (bicyclic) bond motifs is 1. The van der Waals surface area contributed by atoms with Crippen molar-refractivity contribution in [1.82, 2.24) is 9.78 Å². The second-order valence-corrected chi connectivity index (χ2v) is 5.67. The van der Waals surface area contributed by atoms with Gasteiger partial charge in [0.1, 0.15) is 24.1 Å². The molecule has 2 heterocycles. The van der Waals surface area contributed by atoms with Crippen LogP contribution in [0.2, 0.25) is 0 Å². The van der Waals surface area contributed by atoms with Gasteiger partial charge in [0, 0.05) is 30.2 Å². The van der Waals surface area contributed by atoms with Crippen LogP contribution in [0.15, 0.2) is 34.9 Å². The highest BCUT2D eigenvalue weighted by molar-refractivity contribution is 9.10. The van der Waals surface area contributed by atoms with Crippen molar-refractivity contribution < 1.29 is 9.53 Å².